The summed E-state index contributed by atoms with van der Waals surface area (Å²) in [6.45, 7) is 1.83. The van der Waals surface area contributed by atoms with Gasteiger partial charge >= 0.3 is 0 Å². The van der Waals surface area contributed by atoms with E-state index in [-0.39, 0.29) is 35.2 Å². The second-order valence-electron chi connectivity index (χ2n) is 8.54. The molecule has 5 heteroatoms. The van der Waals surface area contributed by atoms with Crippen LogP contribution >= 0.6 is 0 Å². The molecule has 0 fully saturated rings. The first-order valence-corrected chi connectivity index (χ1v) is 11.3. The van der Waals surface area contributed by atoms with Gasteiger partial charge in [-0.1, -0.05) is 84.9 Å². The molecule has 0 spiro atoms. The van der Waals surface area contributed by atoms with Crippen LogP contribution in [-0.4, -0.2) is 22.6 Å². The van der Waals surface area contributed by atoms with Crippen LogP contribution in [0, 0.1) is 0 Å². The molecule has 0 bridgehead atoms. The molecular weight excluding hydrogens is 438 g/mol. The van der Waals surface area contributed by atoms with E-state index in [1.54, 1.807) is 54.6 Å². The second kappa shape index (κ2) is 10.2. The molecule has 0 aliphatic carbocycles. The lowest BCUT2D eigenvalue weighted by atomic mass is 9.85. The van der Waals surface area contributed by atoms with Crippen molar-refractivity contribution in [2.45, 2.75) is 18.9 Å². The van der Waals surface area contributed by atoms with Crippen LogP contribution in [0.15, 0.2) is 109 Å². The Kier molecular flexibility index (Phi) is 6.88. The number of para-hydroxylation sites is 1. The molecule has 0 aromatic heterocycles. The van der Waals surface area contributed by atoms with E-state index in [2.05, 4.69) is 5.32 Å². The SMILES string of the molecule is CC(CC(=O)c1ccccc1)(NC(=O)c1ccc(C(=O)c2ccccc2O)cc1)c1ccccc1. The van der Waals surface area contributed by atoms with Crippen LogP contribution in [0.4, 0.5) is 0 Å². The summed E-state index contributed by atoms with van der Waals surface area (Å²) in [7, 11) is 0. The Morgan fingerprint density at radius 1 is 0.686 bits per heavy atom. The number of ketones is 2. The van der Waals surface area contributed by atoms with E-state index in [1.165, 1.54) is 6.07 Å². The van der Waals surface area contributed by atoms with Gasteiger partial charge in [-0.05, 0) is 36.8 Å². The molecule has 0 saturated carbocycles. The van der Waals surface area contributed by atoms with Gasteiger partial charge in [-0.2, -0.15) is 0 Å². The number of phenolic OH excluding ortho intramolecular Hbond substituents is 1. The van der Waals surface area contributed by atoms with Crippen molar-refractivity contribution in [3.8, 4) is 5.75 Å². The van der Waals surface area contributed by atoms with E-state index in [1.807, 2.05) is 55.5 Å². The number of rotatable bonds is 8. The van der Waals surface area contributed by atoms with Crippen molar-refractivity contribution in [3.63, 3.8) is 0 Å². The Balaban J connectivity index is 1.57. The zero-order valence-electron chi connectivity index (χ0n) is 19.3. The Morgan fingerprint density at radius 3 is 1.86 bits per heavy atom. The molecular formula is C30H25NO4. The van der Waals surface area contributed by atoms with Gasteiger partial charge in [0.25, 0.3) is 5.91 Å². The number of benzene rings is 4. The van der Waals surface area contributed by atoms with E-state index in [9.17, 15) is 19.5 Å². The molecule has 35 heavy (non-hydrogen) atoms. The smallest absolute Gasteiger partial charge is 0.251 e. The Morgan fingerprint density at radius 2 is 1.23 bits per heavy atom. The zero-order valence-corrected chi connectivity index (χ0v) is 19.3. The lowest BCUT2D eigenvalue weighted by Gasteiger charge is -2.31. The van der Waals surface area contributed by atoms with Gasteiger partial charge in [-0.15, -0.1) is 0 Å². The summed E-state index contributed by atoms with van der Waals surface area (Å²) in [6, 6.07) is 30.9. The van der Waals surface area contributed by atoms with Crippen molar-refractivity contribution in [1.82, 2.24) is 5.32 Å². The average molecular weight is 464 g/mol. The van der Waals surface area contributed by atoms with Gasteiger partial charge in [0, 0.05) is 23.1 Å². The number of amides is 1. The molecule has 4 aromatic rings. The predicted octanol–water partition coefficient (Wildman–Crippen LogP) is 5.54. The number of aromatic hydroxyl groups is 1. The molecule has 1 atom stereocenters. The number of hydrogen-bond donors (Lipinski definition) is 2. The van der Waals surface area contributed by atoms with Crippen LogP contribution in [0.5, 0.6) is 5.75 Å². The summed E-state index contributed by atoms with van der Waals surface area (Å²) < 4.78 is 0. The molecule has 4 aromatic carbocycles. The molecule has 1 unspecified atom stereocenters. The highest BCUT2D eigenvalue weighted by Gasteiger charge is 2.32. The summed E-state index contributed by atoms with van der Waals surface area (Å²) in [6.07, 6.45) is 0.0800. The zero-order chi connectivity index (χ0) is 24.8. The van der Waals surface area contributed by atoms with Gasteiger partial charge in [0.1, 0.15) is 5.75 Å². The summed E-state index contributed by atoms with van der Waals surface area (Å²) in [5, 5.41) is 13.0. The quantitative estimate of drug-likeness (QED) is 0.336. The first-order valence-electron chi connectivity index (χ1n) is 11.3. The highest BCUT2D eigenvalue weighted by atomic mass is 16.3. The Labute approximate surface area is 204 Å². The molecule has 0 radical (unpaired) electrons. The highest BCUT2D eigenvalue weighted by Crippen LogP contribution is 2.27. The maximum atomic E-state index is 13.2. The number of nitrogens with one attached hydrogen (secondary N) is 1. The van der Waals surface area contributed by atoms with Crippen LogP contribution in [-0.2, 0) is 5.54 Å². The predicted molar refractivity (Wildman–Crippen MR) is 135 cm³/mol. The fraction of sp³-hybridized carbons (Fsp3) is 0.100. The molecule has 0 aliphatic heterocycles. The van der Waals surface area contributed by atoms with Crippen LogP contribution in [0.1, 0.15) is 55.5 Å². The van der Waals surface area contributed by atoms with Gasteiger partial charge in [-0.3, -0.25) is 14.4 Å². The summed E-state index contributed by atoms with van der Waals surface area (Å²) in [5.74, 6) is -0.877. The molecule has 174 valence electrons. The second-order valence-corrected chi connectivity index (χ2v) is 8.54. The van der Waals surface area contributed by atoms with Gasteiger partial charge in [0.15, 0.2) is 11.6 Å². The van der Waals surface area contributed by atoms with E-state index in [0.29, 0.717) is 16.7 Å². The Bertz CT molecular complexity index is 1350. The number of phenols is 1. The first kappa shape index (κ1) is 23.6. The van der Waals surface area contributed by atoms with Crippen LogP contribution in [0.25, 0.3) is 0 Å². The minimum atomic E-state index is -0.949. The van der Waals surface area contributed by atoms with Crippen molar-refractivity contribution in [2.75, 3.05) is 0 Å². The molecule has 4 rings (SSSR count). The number of carbonyl (C=O) groups excluding carboxylic acids is 3. The van der Waals surface area contributed by atoms with Crippen molar-refractivity contribution in [2.24, 2.45) is 0 Å². The summed E-state index contributed by atoms with van der Waals surface area (Å²) >= 11 is 0. The van der Waals surface area contributed by atoms with E-state index in [4.69, 9.17) is 0 Å². The van der Waals surface area contributed by atoms with Crippen molar-refractivity contribution < 1.29 is 19.5 Å². The van der Waals surface area contributed by atoms with Crippen molar-refractivity contribution in [1.29, 1.82) is 0 Å². The third kappa shape index (κ3) is 5.36. The third-order valence-corrected chi connectivity index (χ3v) is 5.97. The molecule has 2 N–H and O–H groups in total. The van der Waals surface area contributed by atoms with Crippen LogP contribution in [0.2, 0.25) is 0 Å². The number of hydrogen-bond acceptors (Lipinski definition) is 4. The minimum Gasteiger partial charge on any atom is -0.507 e. The summed E-state index contributed by atoms with van der Waals surface area (Å²) in [4.78, 5) is 39.0. The lowest BCUT2D eigenvalue weighted by molar-refractivity contribution is 0.0861. The fourth-order valence-corrected chi connectivity index (χ4v) is 3.99. The lowest BCUT2D eigenvalue weighted by Crippen LogP contribution is -2.45. The largest absolute Gasteiger partial charge is 0.507 e. The molecule has 5 nitrogen and oxygen atoms in total. The normalized spacial score (nSPS) is 12.4. The molecule has 0 heterocycles. The van der Waals surface area contributed by atoms with Crippen LogP contribution in [0.3, 0.4) is 0 Å². The average Bonchev–Trinajstić information content (AvgIpc) is 2.89. The topological polar surface area (TPSA) is 83.5 Å². The molecule has 1 amide bonds. The number of carbonyl (C=O) groups is 3. The van der Waals surface area contributed by atoms with Crippen molar-refractivity contribution in [3.05, 3.63) is 137 Å². The minimum absolute atomic E-state index is 0.0800. The maximum absolute atomic E-state index is 13.2. The van der Waals surface area contributed by atoms with Gasteiger partial charge in [0.2, 0.25) is 0 Å². The van der Waals surface area contributed by atoms with Gasteiger partial charge < -0.3 is 10.4 Å². The van der Waals surface area contributed by atoms with E-state index >= 15 is 0 Å². The molecule has 0 saturated heterocycles. The standard InChI is InChI=1S/C30H25NO4/c1-30(24-12-6-3-7-13-24,20-27(33)21-10-4-2-5-11-21)31-29(35)23-18-16-22(17-19-23)28(34)25-14-8-9-15-26(25)32/h2-19,32H,20H2,1H3,(H,31,35). The summed E-state index contributed by atoms with van der Waals surface area (Å²) in [5.41, 5.74) is 1.34. The van der Waals surface area contributed by atoms with Gasteiger partial charge in [0.05, 0.1) is 11.1 Å². The first-order chi connectivity index (χ1) is 16.9. The Hall–Kier alpha value is -4.51. The van der Waals surface area contributed by atoms with Gasteiger partial charge in [-0.25, -0.2) is 0 Å². The highest BCUT2D eigenvalue weighted by molar-refractivity contribution is 6.11. The van der Waals surface area contributed by atoms with Crippen LogP contribution < -0.4 is 5.32 Å². The van der Waals surface area contributed by atoms with Crippen molar-refractivity contribution >= 4 is 17.5 Å². The van der Waals surface area contributed by atoms with E-state index in [0.717, 1.165) is 5.56 Å². The number of Topliss-reactive ketones (excluding diaryl/α,β-unsaturated/α-hetero) is 1. The monoisotopic (exact) mass is 463 g/mol. The third-order valence-electron chi connectivity index (χ3n) is 5.97. The fourth-order valence-electron chi connectivity index (χ4n) is 3.99. The van der Waals surface area contributed by atoms with E-state index < -0.39 is 5.54 Å². The maximum Gasteiger partial charge on any atom is 0.251 e. The molecule has 0 aliphatic rings.